The summed E-state index contributed by atoms with van der Waals surface area (Å²) in [6, 6.07) is 9.97. The topological polar surface area (TPSA) is 69.2 Å². The summed E-state index contributed by atoms with van der Waals surface area (Å²) in [6.07, 6.45) is 6.64. The molecule has 25 heavy (non-hydrogen) atoms. The lowest BCUT2D eigenvalue weighted by Gasteiger charge is -2.37. The monoisotopic (exact) mass is 357 g/mol. The molecule has 1 saturated carbocycles. The summed E-state index contributed by atoms with van der Waals surface area (Å²) >= 11 is 1.60. The van der Waals surface area contributed by atoms with Crippen LogP contribution in [0.2, 0.25) is 0 Å². The Morgan fingerprint density at radius 2 is 2.00 bits per heavy atom. The van der Waals surface area contributed by atoms with E-state index >= 15 is 0 Å². The molecule has 5 nitrogen and oxygen atoms in total. The maximum atomic E-state index is 12.4. The van der Waals surface area contributed by atoms with Crippen LogP contribution in [-0.2, 0) is 4.79 Å². The van der Waals surface area contributed by atoms with Crippen molar-refractivity contribution in [2.24, 2.45) is 0 Å². The molecule has 0 bridgehead atoms. The summed E-state index contributed by atoms with van der Waals surface area (Å²) in [5.41, 5.74) is 1.22. The molecule has 0 radical (unpaired) electrons. The molecule has 1 aromatic carbocycles. The molecule has 2 N–H and O–H groups in total. The highest BCUT2D eigenvalue weighted by Crippen LogP contribution is 2.41. The number of hydrogen-bond acceptors (Lipinski definition) is 4. The lowest BCUT2D eigenvalue weighted by atomic mass is 9.84. The second kappa shape index (κ2) is 6.84. The van der Waals surface area contributed by atoms with Crippen molar-refractivity contribution >= 4 is 17.7 Å². The number of β-amino-alcohol motifs (C(OH)–C–C–N with tert-alkyl or cyclic N) is 1. The molecule has 2 aromatic rings. The van der Waals surface area contributed by atoms with Gasteiger partial charge in [0.2, 0.25) is 5.91 Å². The first-order valence-corrected chi connectivity index (χ1v) is 9.93. The molecule has 1 aliphatic heterocycles. The number of aromatic nitrogens is 2. The largest absolute Gasteiger partial charge is 0.388 e. The van der Waals surface area contributed by atoms with Crippen molar-refractivity contribution in [3.63, 3.8) is 0 Å². The van der Waals surface area contributed by atoms with E-state index in [-0.39, 0.29) is 11.3 Å². The second-order valence-electron chi connectivity index (χ2n) is 7.02. The Kier molecular flexibility index (Phi) is 4.56. The van der Waals surface area contributed by atoms with Crippen LogP contribution in [0.1, 0.15) is 43.2 Å². The third-order valence-corrected chi connectivity index (χ3v) is 6.36. The third kappa shape index (κ3) is 3.46. The van der Waals surface area contributed by atoms with E-state index in [9.17, 15) is 9.90 Å². The molecule has 6 heteroatoms. The number of aliphatic hydroxyl groups is 1. The van der Waals surface area contributed by atoms with Crippen molar-refractivity contribution in [3.05, 3.63) is 42.2 Å². The Bertz CT molecular complexity index is 740. The van der Waals surface area contributed by atoms with E-state index in [4.69, 9.17) is 0 Å². The minimum absolute atomic E-state index is 0.0941. The number of rotatable bonds is 4. The number of aromatic amines is 1. The third-order valence-electron chi connectivity index (χ3n) is 5.13. The van der Waals surface area contributed by atoms with Gasteiger partial charge >= 0.3 is 0 Å². The number of benzene rings is 1. The zero-order valence-corrected chi connectivity index (χ0v) is 15.0. The van der Waals surface area contributed by atoms with E-state index in [1.165, 1.54) is 6.42 Å². The van der Waals surface area contributed by atoms with Crippen LogP contribution >= 0.6 is 11.8 Å². The normalized spacial score (nSPS) is 23.2. The Balaban J connectivity index is 1.54. The van der Waals surface area contributed by atoms with E-state index in [1.54, 1.807) is 11.8 Å². The van der Waals surface area contributed by atoms with Crippen LogP contribution in [0.3, 0.4) is 0 Å². The number of carbonyl (C=O) groups excluding carboxylic acids is 1. The minimum Gasteiger partial charge on any atom is -0.388 e. The van der Waals surface area contributed by atoms with Gasteiger partial charge < -0.3 is 15.0 Å². The number of hydrogen-bond donors (Lipinski definition) is 2. The summed E-state index contributed by atoms with van der Waals surface area (Å²) in [7, 11) is 0. The van der Waals surface area contributed by atoms with Gasteiger partial charge in [-0.05, 0) is 12.8 Å². The zero-order valence-electron chi connectivity index (χ0n) is 14.1. The number of H-pyrrole nitrogens is 1. The van der Waals surface area contributed by atoms with Crippen LogP contribution < -0.4 is 0 Å². The van der Waals surface area contributed by atoms with Crippen molar-refractivity contribution in [3.8, 4) is 11.4 Å². The highest BCUT2D eigenvalue weighted by molar-refractivity contribution is 8.00. The Morgan fingerprint density at radius 1 is 1.24 bits per heavy atom. The highest BCUT2D eigenvalue weighted by atomic mass is 32.2. The first-order valence-electron chi connectivity index (χ1n) is 8.88. The number of carbonyl (C=O) groups is 1. The molecule has 0 spiro atoms. The summed E-state index contributed by atoms with van der Waals surface area (Å²) in [5.74, 6) is 1.37. The average Bonchev–Trinajstić information content (AvgIpc) is 3.24. The Labute approximate surface area is 151 Å². The standard InChI is InChI=1S/C19H23N3O2S/c23-16-12-25-18(22(16)13-19(24)9-5-2-6-10-19)15-11-20-17(21-15)14-7-3-1-4-8-14/h1,3-4,7-8,11,18,24H,2,5-6,9-10,12-13H2,(H,20,21). The van der Waals surface area contributed by atoms with Gasteiger partial charge in [-0.3, -0.25) is 4.79 Å². The van der Waals surface area contributed by atoms with E-state index in [1.807, 2.05) is 41.4 Å². The van der Waals surface area contributed by atoms with Gasteiger partial charge in [-0.1, -0.05) is 49.6 Å². The number of nitrogens with zero attached hydrogens (tertiary/aromatic N) is 2. The average molecular weight is 357 g/mol. The molecule has 2 aliphatic rings. The van der Waals surface area contributed by atoms with Crippen molar-refractivity contribution in [2.45, 2.75) is 43.1 Å². The molecule has 1 saturated heterocycles. The van der Waals surface area contributed by atoms with Crippen LogP contribution in [-0.4, -0.2) is 43.8 Å². The van der Waals surface area contributed by atoms with Crippen LogP contribution in [0.25, 0.3) is 11.4 Å². The van der Waals surface area contributed by atoms with Crippen LogP contribution in [0, 0.1) is 0 Å². The van der Waals surface area contributed by atoms with Gasteiger partial charge in [-0.15, -0.1) is 11.8 Å². The van der Waals surface area contributed by atoms with Crippen molar-refractivity contribution in [1.29, 1.82) is 0 Å². The maximum Gasteiger partial charge on any atom is 0.233 e. The van der Waals surface area contributed by atoms with Crippen molar-refractivity contribution in [2.75, 3.05) is 12.3 Å². The molecule has 1 aromatic heterocycles. The first kappa shape index (κ1) is 16.7. The molecule has 4 rings (SSSR count). The fraction of sp³-hybridized carbons (Fsp3) is 0.474. The van der Waals surface area contributed by atoms with E-state index in [0.717, 1.165) is 42.8 Å². The number of imidazole rings is 1. The van der Waals surface area contributed by atoms with Gasteiger partial charge in [0, 0.05) is 5.56 Å². The van der Waals surface area contributed by atoms with Crippen molar-refractivity contribution < 1.29 is 9.90 Å². The summed E-state index contributed by atoms with van der Waals surface area (Å²) in [6.45, 7) is 0.420. The first-order chi connectivity index (χ1) is 12.1. The summed E-state index contributed by atoms with van der Waals surface area (Å²) in [4.78, 5) is 22.1. The van der Waals surface area contributed by atoms with E-state index < -0.39 is 5.60 Å². The molecule has 1 atom stereocenters. The molecule has 1 amide bonds. The lowest BCUT2D eigenvalue weighted by molar-refractivity contribution is -0.133. The molecule has 1 unspecified atom stereocenters. The van der Waals surface area contributed by atoms with Gasteiger partial charge in [-0.25, -0.2) is 4.98 Å². The second-order valence-corrected chi connectivity index (χ2v) is 8.09. The smallest absolute Gasteiger partial charge is 0.233 e. The minimum atomic E-state index is -0.737. The van der Waals surface area contributed by atoms with Gasteiger partial charge in [0.15, 0.2) is 0 Å². The molecule has 1 aliphatic carbocycles. The molecular formula is C19H23N3O2S. The van der Waals surface area contributed by atoms with Crippen molar-refractivity contribution in [1.82, 2.24) is 14.9 Å². The lowest BCUT2D eigenvalue weighted by Crippen LogP contribution is -2.45. The summed E-state index contributed by atoms with van der Waals surface area (Å²) in [5, 5.41) is 10.8. The van der Waals surface area contributed by atoms with Gasteiger partial charge in [-0.2, -0.15) is 0 Å². The SMILES string of the molecule is O=C1CSC(c2cnc(-c3ccccc3)[nH]2)N1CC1(O)CCCCC1. The van der Waals surface area contributed by atoms with Crippen LogP contribution in [0.15, 0.2) is 36.5 Å². The Morgan fingerprint density at radius 3 is 2.76 bits per heavy atom. The number of thioether (sulfide) groups is 1. The fourth-order valence-corrected chi connectivity index (χ4v) is 4.91. The zero-order chi connectivity index (χ0) is 17.3. The van der Waals surface area contributed by atoms with Crippen LogP contribution in [0.5, 0.6) is 0 Å². The van der Waals surface area contributed by atoms with Gasteiger partial charge in [0.1, 0.15) is 11.2 Å². The number of amides is 1. The fourth-order valence-electron chi connectivity index (χ4n) is 3.77. The quantitative estimate of drug-likeness (QED) is 0.880. The maximum absolute atomic E-state index is 12.4. The number of nitrogens with one attached hydrogen (secondary N) is 1. The molecule has 132 valence electrons. The van der Waals surface area contributed by atoms with Crippen LogP contribution in [0.4, 0.5) is 0 Å². The predicted octanol–water partition coefficient (Wildman–Crippen LogP) is 3.35. The summed E-state index contributed by atoms with van der Waals surface area (Å²) < 4.78 is 0. The van der Waals surface area contributed by atoms with Gasteiger partial charge in [0.05, 0.1) is 29.8 Å². The van der Waals surface area contributed by atoms with E-state index in [0.29, 0.717) is 12.3 Å². The molecule has 2 fully saturated rings. The van der Waals surface area contributed by atoms with E-state index in [2.05, 4.69) is 9.97 Å². The molecular weight excluding hydrogens is 334 g/mol. The van der Waals surface area contributed by atoms with Gasteiger partial charge in [0.25, 0.3) is 0 Å². The Hall–Kier alpha value is -1.79. The molecule has 2 heterocycles. The highest BCUT2D eigenvalue weighted by Gasteiger charge is 2.40. The predicted molar refractivity (Wildman–Crippen MR) is 99.0 cm³/mol.